The molecular weight excluding hydrogens is 466 g/mol. The first-order valence-electron chi connectivity index (χ1n) is 8.24. The fourth-order valence-electron chi connectivity index (χ4n) is 2.54. The average Bonchev–Trinajstić information content (AvgIpc) is 2.61. The lowest BCUT2D eigenvalue weighted by Crippen LogP contribution is -2.35. The van der Waals surface area contributed by atoms with Gasteiger partial charge in [-0.1, -0.05) is 29.3 Å². The van der Waals surface area contributed by atoms with Crippen LogP contribution in [0.4, 0.5) is 13.2 Å². The zero-order chi connectivity index (χ0) is 22.7. The number of rotatable bonds is 7. The molecule has 1 N–H and O–H groups in total. The maximum atomic E-state index is 12.9. The van der Waals surface area contributed by atoms with Crippen molar-refractivity contribution in [3.8, 4) is 11.8 Å². The second-order valence-electron chi connectivity index (χ2n) is 6.43. The number of nitriles is 1. The maximum Gasteiger partial charge on any atom is 0.573 e. The van der Waals surface area contributed by atoms with Gasteiger partial charge in [-0.3, -0.25) is 0 Å². The number of sulfonamides is 1. The summed E-state index contributed by atoms with van der Waals surface area (Å²) in [5.74, 6) is -0.793. The molecule has 0 amide bonds. The van der Waals surface area contributed by atoms with Crippen molar-refractivity contribution in [1.82, 2.24) is 9.62 Å². The van der Waals surface area contributed by atoms with Gasteiger partial charge in [0.15, 0.2) is 0 Å². The molecule has 0 bridgehead atoms. The van der Waals surface area contributed by atoms with Crippen molar-refractivity contribution in [3.63, 3.8) is 0 Å². The smallest absolute Gasteiger partial charge is 0.404 e. The van der Waals surface area contributed by atoms with E-state index in [1.54, 1.807) is 25.1 Å². The molecule has 0 saturated carbocycles. The summed E-state index contributed by atoms with van der Waals surface area (Å²) in [5.41, 5.74) is -0.0481. The van der Waals surface area contributed by atoms with Crippen molar-refractivity contribution in [2.24, 2.45) is 0 Å². The topological polar surface area (TPSA) is 82.4 Å². The Bertz CT molecular complexity index is 1070. The highest BCUT2D eigenvalue weighted by atomic mass is 35.5. The highest BCUT2D eigenvalue weighted by Gasteiger charge is 2.33. The lowest BCUT2D eigenvalue weighted by atomic mass is 10.1. The van der Waals surface area contributed by atoms with Crippen molar-refractivity contribution < 1.29 is 26.3 Å². The number of likely N-dealkylation sites (N-methyl/N-ethyl adjacent to an activating group) is 1. The Morgan fingerprint density at radius 3 is 2.37 bits per heavy atom. The van der Waals surface area contributed by atoms with Crippen LogP contribution in [-0.4, -0.2) is 40.3 Å². The molecule has 162 valence electrons. The lowest BCUT2D eigenvalue weighted by Gasteiger charge is -2.23. The summed E-state index contributed by atoms with van der Waals surface area (Å²) >= 11 is 11.9. The van der Waals surface area contributed by atoms with Crippen LogP contribution in [0, 0.1) is 11.3 Å². The Balaban J connectivity index is 2.40. The van der Waals surface area contributed by atoms with Gasteiger partial charge in [0.25, 0.3) is 0 Å². The number of hydrogen-bond donors (Lipinski definition) is 1. The fourth-order valence-corrected chi connectivity index (χ4v) is 4.09. The number of hydrogen-bond acceptors (Lipinski definition) is 5. The Morgan fingerprint density at radius 2 is 1.83 bits per heavy atom. The van der Waals surface area contributed by atoms with Crippen LogP contribution in [0.3, 0.4) is 0 Å². The van der Waals surface area contributed by atoms with E-state index in [0.29, 0.717) is 10.6 Å². The van der Waals surface area contributed by atoms with Crippen LogP contribution >= 0.6 is 23.2 Å². The highest BCUT2D eigenvalue weighted by molar-refractivity contribution is 7.89. The Morgan fingerprint density at radius 1 is 1.17 bits per heavy atom. The van der Waals surface area contributed by atoms with E-state index in [0.717, 1.165) is 18.2 Å². The van der Waals surface area contributed by atoms with Crippen molar-refractivity contribution in [2.75, 3.05) is 20.6 Å². The first-order valence-corrected chi connectivity index (χ1v) is 10.5. The molecule has 0 radical (unpaired) electrons. The Labute approximate surface area is 181 Å². The number of nitrogens with zero attached hydrogens (tertiary/aromatic N) is 2. The number of halogens is 5. The minimum Gasteiger partial charge on any atom is -0.404 e. The third-order valence-electron chi connectivity index (χ3n) is 3.80. The molecule has 12 heteroatoms. The van der Waals surface area contributed by atoms with Gasteiger partial charge in [0.1, 0.15) is 11.8 Å². The molecule has 2 aromatic rings. The van der Waals surface area contributed by atoms with Crippen molar-refractivity contribution in [1.29, 1.82) is 5.26 Å². The molecule has 0 aliphatic heterocycles. The second kappa shape index (κ2) is 9.41. The van der Waals surface area contributed by atoms with Crippen LogP contribution in [0.25, 0.3) is 0 Å². The van der Waals surface area contributed by atoms with Gasteiger partial charge in [0.05, 0.1) is 26.5 Å². The van der Waals surface area contributed by atoms with E-state index in [-0.39, 0.29) is 11.6 Å². The summed E-state index contributed by atoms with van der Waals surface area (Å²) in [6, 6.07) is 7.90. The number of alkyl halides is 3. The Hall–Kier alpha value is -2.03. The molecule has 0 aromatic heterocycles. The third-order valence-corrected chi connectivity index (χ3v) is 6.01. The van der Waals surface area contributed by atoms with Gasteiger partial charge in [-0.2, -0.15) is 5.26 Å². The van der Waals surface area contributed by atoms with Crippen LogP contribution in [0.1, 0.15) is 17.2 Å². The van der Waals surface area contributed by atoms with Crippen molar-refractivity contribution in [2.45, 2.75) is 17.3 Å². The van der Waals surface area contributed by atoms with E-state index >= 15 is 0 Å². The SMILES string of the molecule is CN(C)C[C@@H](NS(=O)(=O)c1ccc(OC(F)(F)F)c(C#N)c1)c1ccc(Cl)c(Cl)c1. The van der Waals surface area contributed by atoms with E-state index in [2.05, 4.69) is 9.46 Å². The van der Waals surface area contributed by atoms with E-state index in [1.165, 1.54) is 18.2 Å². The quantitative estimate of drug-likeness (QED) is 0.635. The molecule has 0 heterocycles. The molecule has 0 saturated heterocycles. The molecule has 0 spiro atoms. The summed E-state index contributed by atoms with van der Waals surface area (Å²) in [4.78, 5) is 1.34. The van der Waals surface area contributed by atoms with Crippen LogP contribution < -0.4 is 9.46 Å². The number of benzene rings is 2. The largest absolute Gasteiger partial charge is 0.573 e. The maximum absolute atomic E-state index is 12.9. The van der Waals surface area contributed by atoms with Crippen LogP contribution in [-0.2, 0) is 10.0 Å². The molecule has 0 aliphatic carbocycles. The second-order valence-corrected chi connectivity index (χ2v) is 8.96. The summed E-state index contributed by atoms with van der Waals surface area (Å²) < 4.78 is 69.3. The normalized spacial score (nSPS) is 13.2. The summed E-state index contributed by atoms with van der Waals surface area (Å²) in [7, 11) is -0.746. The van der Waals surface area contributed by atoms with Gasteiger partial charge in [0.2, 0.25) is 10.0 Å². The molecule has 6 nitrogen and oxygen atoms in total. The van der Waals surface area contributed by atoms with E-state index in [9.17, 15) is 21.6 Å². The summed E-state index contributed by atoms with van der Waals surface area (Å²) in [6.45, 7) is 0.248. The summed E-state index contributed by atoms with van der Waals surface area (Å²) in [5, 5.41) is 9.63. The monoisotopic (exact) mass is 481 g/mol. The molecule has 2 aromatic carbocycles. The predicted molar refractivity (Wildman–Crippen MR) is 106 cm³/mol. The zero-order valence-corrected chi connectivity index (χ0v) is 18.0. The predicted octanol–water partition coefficient (Wildman–Crippen LogP) is 4.34. The van der Waals surface area contributed by atoms with Crippen LogP contribution in [0.2, 0.25) is 10.0 Å². The molecule has 0 unspecified atom stereocenters. The minimum atomic E-state index is -5.02. The number of ether oxygens (including phenoxy) is 1. The van der Waals surface area contributed by atoms with Crippen molar-refractivity contribution in [3.05, 3.63) is 57.6 Å². The third kappa shape index (κ3) is 6.48. The van der Waals surface area contributed by atoms with E-state index < -0.39 is 38.6 Å². The van der Waals surface area contributed by atoms with Crippen LogP contribution in [0.5, 0.6) is 5.75 Å². The van der Waals surface area contributed by atoms with Gasteiger partial charge in [-0.25, -0.2) is 13.1 Å². The first kappa shape index (κ1) is 24.2. The molecular formula is C18H16Cl2F3N3O3S. The molecule has 30 heavy (non-hydrogen) atoms. The minimum absolute atomic E-state index is 0.234. The van der Waals surface area contributed by atoms with Gasteiger partial charge in [-0.05, 0) is 50.0 Å². The Kier molecular flexibility index (Phi) is 7.60. The summed E-state index contributed by atoms with van der Waals surface area (Å²) in [6.07, 6.45) is -5.02. The number of nitrogens with one attached hydrogen (secondary N) is 1. The van der Waals surface area contributed by atoms with Gasteiger partial charge < -0.3 is 9.64 Å². The molecule has 0 aliphatic rings. The molecule has 2 rings (SSSR count). The van der Waals surface area contributed by atoms with Gasteiger partial charge in [0, 0.05) is 6.54 Å². The van der Waals surface area contributed by atoms with Gasteiger partial charge in [-0.15, -0.1) is 13.2 Å². The first-order chi connectivity index (χ1) is 13.8. The van der Waals surface area contributed by atoms with Crippen molar-refractivity contribution >= 4 is 33.2 Å². The molecule has 1 atom stereocenters. The highest BCUT2D eigenvalue weighted by Crippen LogP contribution is 2.30. The average molecular weight is 482 g/mol. The van der Waals surface area contributed by atoms with E-state index in [1.807, 2.05) is 0 Å². The van der Waals surface area contributed by atoms with Gasteiger partial charge >= 0.3 is 6.36 Å². The standard InChI is InChI=1S/C18H16Cl2F3N3O3S/c1-26(2)10-16(11-3-5-14(19)15(20)8-11)25-30(27,28)13-4-6-17(12(7-13)9-24)29-18(21,22)23/h3-8,16,25H,10H2,1-2H3/t16-/m1/s1. The molecule has 0 fully saturated rings. The van der Waals surface area contributed by atoms with E-state index in [4.69, 9.17) is 28.5 Å². The lowest BCUT2D eigenvalue weighted by molar-refractivity contribution is -0.274. The zero-order valence-electron chi connectivity index (χ0n) is 15.7. The van der Waals surface area contributed by atoms with Crippen LogP contribution in [0.15, 0.2) is 41.3 Å². The fraction of sp³-hybridized carbons (Fsp3) is 0.278.